The number of halogens is 3. The van der Waals surface area contributed by atoms with Crippen LogP contribution in [0.4, 0.5) is 0 Å². The second kappa shape index (κ2) is 25.6. The van der Waals surface area contributed by atoms with Gasteiger partial charge >= 0.3 is 0 Å². The lowest BCUT2D eigenvalue weighted by molar-refractivity contribution is 0.565. The minimum Gasteiger partial charge on any atom is -0.330 e. The number of nitrogens with two attached hydrogens (primary N) is 1. The predicted octanol–water partition coefficient (Wildman–Crippen LogP) is 2.36. The van der Waals surface area contributed by atoms with Crippen LogP contribution < -0.4 is 16.4 Å². The summed E-state index contributed by atoms with van der Waals surface area (Å²) in [6, 6.07) is 0. The van der Waals surface area contributed by atoms with Crippen LogP contribution in [0.5, 0.6) is 0 Å². The number of nitrogens with one attached hydrogen (secondary N) is 2. The molecule has 0 heterocycles. The Kier molecular flexibility index (Phi) is 39.6. The third-order valence-corrected chi connectivity index (χ3v) is 2.34. The second-order valence-corrected chi connectivity index (χ2v) is 3.76. The van der Waals surface area contributed by atoms with Crippen LogP contribution in [0, 0.1) is 0 Å². The summed E-state index contributed by atoms with van der Waals surface area (Å²) in [5.41, 5.74) is 5.41. The summed E-state index contributed by atoms with van der Waals surface area (Å²) < 4.78 is 0. The van der Waals surface area contributed by atoms with Crippen molar-refractivity contribution in [2.24, 2.45) is 5.73 Å². The smallest absolute Gasteiger partial charge is 0.00489 e. The largest absolute Gasteiger partial charge is 0.330 e. The van der Waals surface area contributed by atoms with Gasteiger partial charge in [0.05, 0.1) is 0 Å². The van der Waals surface area contributed by atoms with Gasteiger partial charge in [-0.25, -0.2) is 0 Å². The summed E-state index contributed by atoms with van der Waals surface area (Å²) in [6.45, 7) is 4.32. The topological polar surface area (TPSA) is 50.1 Å². The Morgan fingerprint density at radius 3 is 1.65 bits per heavy atom. The number of hydrogen-bond acceptors (Lipinski definition) is 3. The summed E-state index contributed by atoms with van der Waals surface area (Å²) >= 11 is 0. The second-order valence-electron chi connectivity index (χ2n) is 3.76. The summed E-state index contributed by atoms with van der Waals surface area (Å²) in [6.07, 6.45) is 7.64. The van der Waals surface area contributed by atoms with Crippen molar-refractivity contribution in [2.45, 2.75) is 38.5 Å². The van der Waals surface area contributed by atoms with Gasteiger partial charge in [-0.2, -0.15) is 0 Å². The quantitative estimate of drug-likeness (QED) is 0.514. The van der Waals surface area contributed by atoms with E-state index in [1.807, 2.05) is 7.05 Å². The van der Waals surface area contributed by atoms with Crippen molar-refractivity contribution in [1.29, 1.82) is 0 Å². The molecule has 0 saturated carbocycles. The van der Waals surface area contributed by atoms with E-state index in [1.54, 1.807) is 0 Å². The summed E-state index contributed by atoms with van der Waals surface area (Å²) in [5.74, 6) is 0. The van der Waals surface area contributed by atoms with Crippen LogP contribution in [0.25, 0.3) is 0 Å². The molecule has 3 nitrogen and oxygen atoms in total. The van der Waals surface area contributed by atoms with Crippen LogP contribution in [-0.4, -0.2) is 33.2 Å². The first-order valence-electron chi connectivity index (χ1n) is 5.97. The third-order valence-electron chi connectivity index (χ3n) is 2.34. The molecular formula is C11H30Cl3N3. The van der Waals surface area contributed by atoms with Gasteiger partial charge in [0.25, 0.3) is 0 Å². The Bertz CT molecular complexity index is 96.0. The molecule has 0 atom stereocenters. The summed E-state index contributed by atoms with van der Waals surface area (Å²) in [7, 11) is 2.01. The highest BCUT2D eigenvalue weighted by atomic mass is 35.5. The van der Waals surface area contributed by atoms with Gasteiger partial charge in [-0.1, -0.05) is 12.8 Å². The van der Waals surface area contributed by atoms with Crippen molar-refractivity contribution in [3.8, 4) is 0 Å². The van der Waals surface area contributed by atoms with Crippen molar-refractivity contribution in [3.05, 3.63) is 0 Å². The van der Waals surface area contributed by atoms with Gasteiger partial charge in [-0.3, -0.25) is 0 Å². The van der Waals surface area contributed by atoms with Gasteiger partial charge < -0.3 is 16.4 Å². The molecule has 0 aliphatic rings. The minimum atomic E-state index is 0. The molecule has 0 saturated heterocycles. The zero-order valence-corrected chi connectivity index (χ0v) is 13.3. The van der Waals surface area contributed by atoms with E-state index in [0.29, 0.717) is 0 Å². The predicted molar refractivity (Wildman–Crippen MR) is 85.3 cm³/mol. The van der Waals surface area contributed by atoms with Gasteiger partial charge in [0.2, 0.25) is 0 Å². The first-order valence-corrected chi connectivity index (χ1v) is 5.97. The fourth-order valence-corrected chi connectivity index (χ4v) is 1.42. The van der Waals surface area contributed by atoms with Crippen LogP contribution in [0.2, 0.25) is 0 Å². The van der Waals surface area contributed by atoms with Gasteiger partial charge in [-0.15, -0.1) is 37.2 Å². The molecule has 0 fully saturated rings. The molecule has 0 aromatic rings. The van der Waals surface area contributed by atoms with E-state index in [4.69, 9.17) is 5.73 Å². The molecule has 0 aliphatic heterocycles. The van der Waals surface area contributed by atoms with Crippen molar-refractivity contribution in [3.63, 3.8) is 0 Å². The number of rotatable bonds is 11. The van der Waals surface area contributed by atoms with Gasteiger partial charge in [-0.05, 0) is 58.9 Å². The van der Waals surface area contributed by atoms with E-state index >= 15 is 0 Å². The monoisotopic (exact) mass is 309 g/mol. The van der Waals surface area contributed by atoms with Gasteiger partial charge in [0, 0.05) is 0 Å². The van der Waals surface area contributed by atoms with Crippen LogP contribution >= 0.6 is 37.2 Å². The summed E-state index contributed by atoms with van der Waals surface area (Å²) in [4.78, 5) is 0. The molecule has 0 radical (unpaired) electrons. The maximum Gasteiger partial charge on any atom is -0.00489 e. The lowest BCUT2D eigenvalue weighted by atomic mass is 10.2. The van der Waals surface area contributed by atoms with E-state index in [1.165, 1.54) is 45.1 Å². The van der Waals surface area contributed by atoms with E-state index in [-0.39, 0.29) is 37.2 Å². The van der Waals surface area contributed by atoms with E-state index in [2.05, 4.69) is 10.6 Å². The summed E-state index contributed by atoms with van der Waals surface area (Å²) in [5, 5.41) is 6.62. The molecule has 6 heteroatoms. The Balaban J connectivity index is -0.000000282. The maximum absolute atomic E-state index is 5.41. The van der Waals surface area contributed by atoms with Crippen molar-refractivity contribution in [2.75, 3.05) is 33.2 Å². The molecular weight excluding hydrogens is 281 g/mol. The van der Waals surface area contributed by atoms with Gasteiger partial charge in [0.1, 0.15) is 0 Å². The molecule has 110 valence electrons. The lowest BCUT2D eigenvalue weighted by Crippen LogP contribution is -2.17. The molecule has 0 amide bonds. The average molecular weight is 311 g/mol. The van der Waals surface area contributed by atoms with Crippen LogP contribution in [0.15, 0.2) is 0 Å². The zero-order chi connectivity index (χ0) is 10.5. The van der Waals surface area contributed by atoms with Crippen LogP contribution in [-0.2, 0) is 0 Å². The van der Waals surface area contributed by atoms with Gasteiger partial charge in [0.15, 0.2) is 0 Å². The average Bonchev–Trinajstić information content (AvgIpc) is 2.21. The molecule has 0 bridgehead atoms. The Hall–Kier alpha value is 0.750. The highest BCUT2D eigenvalue weighted by molar-refractivity contribution is 5.86. The van der Waals surface area contributed by atoms with Crippen molar-refractivity contribution >= 4 is 37.2 Å². The minimum absolute atomic E-state index is 0. The Labute approximate surface area is 125 Å². The third kappa shape index (κ3) is 26.4. The Morgan fingerprint density at radius 2 is 1.18 bits per heavy atom. The number of unbranched alkanes of at least 4 members (excludes halogenated alkanes) is 4. The van der Waals surface area contributed by atoms with E-state index < -0.39 is 0 Å². The standard InChI is InChI=1S/C11H27N3.3ClH/c1-13-9-5-3-7-11-14-10-6-2-4-8-12;;;/h13-14H,2-12H2,1H3;3*1H. The fraction of sp³-hybridized carbons (Fsp3) is 1.00. The SMILES string of the molecule is CNCCCCCNCCCCCN.Cl.Cl.Cl. The molecule has 0 aliphatic carbocycles. The highest BCUT2D eigenvalue weighted by Crippen LogP contribution is 1.93. The Morgan fingerprint density at radius 1 is 0.706 bits per heavy atom. The molecule has 0 rings (SSSR count). The van der Waals surface area contributed by atoms with Crippen molar-refractivity contribution < 1.29 is 0 Å². The number of hydrogen-bond donors (Lipinski definition) is 3. The first-order chi connectivity index (χ1) is 6.91. The lowest BCUT2D eigenvalue weighted by Gasteiger charge is -2.04. The highest BCUT2D eigenvalue weighted by Gasteiger charge is 1.90. The fourth-order valence-electron chi connectivity index (χ4n) is 1.42. The van der Waals surface area contributed by atoms with Crippen LogP contribution in [0.1, 0.15) is 38.5 Å². The van der Waals surface area contributed by atoms with Crippen LogP contribution in [0.3, 0.4) is 0 Å². The zero-order valence-electron chi connectivity index (χ0n) is 10.9. The van der Waals surface area contributed by atoms with Crippen molar-refractivity contribution in [1.82, 2.24) is 10.6 Å². The molecule has 0 unspecified atom stereocenters. The molecule has 0 aromatic heterocycles. The first kappa shape index (κ1) is 26.3. The molecule has 4 N–H and O–H groups in total. The van der Waals surface area contributed by atoms with E-state index in [9.17, 15) is 0 Å². The maximum atomic E-state index is 5.41. The molecule has 0 spiro atoms. The van der Waals surface area contributed by atoms with E-state index in [0.717, 1.165) is 19.6 Å². The molecule has 0 aromatic carbocycles. The molecule has 17 heavy (non-hydrogen) atoms. The normalized spacial score (nSPS) is 8.82.